The van der Waals surface area contributed by atoms with Crippen LogP contribution in [-0.2, 0) is 0 Å². The van der Waals surface area contributed by atoms with Gasteiger partial charge in [0, 0.05) is 39.8 Å². The van der Waals surface area contributed by atoms with E-state index < -0.39 is 0 Å². The van der Waals surface area contributed by atoms with Gasteiger partial charge in [-0.15, -0.1) is 0 Å². The number of carbonyl (C=O) groups excluding carboxylic acids is 1. The van der Waals surface area contributed by atoms with Crippen LogP contribution >= 0.6 is 15.9 Å². The smallest absolute Gasteiger partial charge is 0.167 e. The van der Waals surface area contributed by atoms with Crippen molar-refractivity contribution in [2.24, 2.45) is 11.8 Å². The Morgan fingerprint density at radius 3 is 1.87 bits per heavy atom. The highest BCUT2D eigenvalue weighted by Crippen LogP contribution is 2.34. The second kappa shape index (κ2) is 14.5. The number of carbonyl (C=O) groups is 1. The Labute approximate surface area is 285 Å². The highest BCUT2D eigenvalue weighted by atomic mass is 79.9. The van der Waals surface area contributed by atoms with Gasteiger partial charge in [-0.3, -0.25) is 4.79 Å². The Kier molecular flexibility index (Phi) is 9.64. The minimum Gasteiger partial charge on any atom is -0.457 e. The number of halogens is 1. The monoisotopic (exact) mass is 683 g/mol. The first-order valence-corrected chi connectivity index (χ1v) is 17.3. The molecule has 6 aromatic carbocycles. The van der Waals surface area contributed by atoms with E-state index >= 15 is 0 Å². The lowest BCUT2D eigenvalue weighted by atomic mass is 9.89. The van der Waals surface area contributed by atoms with Crippen LogP contribution in [-0.4, -0.2) is 30.3 Å². The number of piperidine rings is 1. The average Bonchev–Trinajstić information content (AvgIpc) is 3.93. The van der Waals surface area contributed by atoms with Crippen molar-refractivity contribution >= 4 is 43.3 Å². The van der Waals surface area contributed by atoms with Gasteiger partial charge in [0.15, 0.2) is 5.78 Å². The van der Waals surface area contributed by atoms with Gasteiger partial charge in [-0.05, 0) is 116 Å². The maximum atomic E-state index is 13.2. The number of ketones is 1. The van der Waals surface area contributed by atoms with Crippen molar-refractivity contribution in [2.75, 3.05) is 19.6 Å². The van der Waals surface area contributed by atoms with Crippen LogP contribution in [0.1, 0.15) is 36.0 Å². The first-order valence-electron chi connectivity index (χ1n) is 16.5. The fourth-order valence-corrected chi connectivity index (χ4v) is 6.76. The predicted octanol–water partition coefficient (Wildman–Crippen LogP) is 11.3. The zero-order valence-electron chi connectivity index (χ0n) is 26.4. The molecule has 1 heterocycles. The molecular formula is C42H38BrNO3. The molecular weight excluding hydrogens is 646 g/mol. The van der Waals surface area contributed by atoms with Crippen LogP contribution in [0, 0.1) is 11.8 Å². The fraction of sp³-hybridized carbons (Fsp3) is 0.214. The molecule has 236 valence electrons. The number of hydrogen-bond acceptors (Lipinski definition) is 4. The third-order valence-corrected chi connectivity index (χ3v) is 9.45. The summed E-state index contributed by atoms with van der Waals surface area (Å²) in [5, 5.41) is 4.36. The molecule has 6 aromatic rings. The van der Waals surface area contributed by atoms with Gasteiger partial charge < -0.3 is 14.4 Å². The lowest BCUT2D eigenvalue weighted by Gasteiger charge is -2.32. The number of Topliss-reactive ketones (excluding diaryl/α,β-unsaturated/α-hetero) is 1. The Bertz CT molecular complexity index is 1970. The van der Waals surface area contributed by atoms with E-state index in [4.69, 9.17) is 9.47 Å². The maximum Gasteiger partial charge on any atom is 0.167 e. The number of likely N-dealkylation sites (tertiary alicyclic amines) is 1. The number of nitrogens with zero attached hydrogens (tertiary/aromatic N) is 1. The van der Waals surface area contributed by atoms with Crippen LogP contribution in [0.2, 0.25) is 0 Å². The molecule has 1 saturated carbocycles. The van der Waals surface area contributed by atoms with Gasteiger partial charge in [-0.25, -0.2) is 0 Å². The molecule has 1 aliphatic heterocycles. The molecule has 1 atom stereocenters. The van der Waals surface area contributed by atoms with Crippen molar-refractivity contribution in [1.82, 2.24) is 4.90 Å². The second-order valence-electron chi connectivity index (χ2n) is 12.6. The van der Waals surface area contributed by atoms with Crippen molar-refractivity contribution in [3.05, 3.63) is 143 Å². The molecule has 0 radical (unpaired) electrons. The second-order valence-corrected chi connectivity index (χ2v) is 13.5. The van der Waals surface area contributed by atoms with Crippen LogP contribution in [0.5, 0.6) is 23.0 Å². The molecule has 5 heteroatoms. The molecule has 1 saturated heterocycles. The summed E-state index contributed by atoms with van der Waals surface area (Å²) in [4.78, 5) is 15.7. The lowest BCUT2D eigenvalue weighted by molar-refractivity contribution is 0.0814. The van der Waals surface area contributed by atoms with Crippen molar-refractivity contribution in [2.45, 2.75) is 25.7 Å². The van der Waals surface area contributed by atoms with Gasteiger partial charge in [0.05, 0.1) is 0 Å². The molecule has 0 amide bonds. The number of benzene rings is 6. The Morgan fingerprint density at radius 1 is 0.660 bits per heavy atom. The Morgan fingerprint density at radius 2 is 1.26 bits per heavy atom. The maximum absolute atomic E-state index is 13.2. The number of ether oxygens (including phenoxy) is 2. The van der Waals surface area contributed by atoms with Crippen molar-refractivity contribution in [3.8, 4) is 23.0 Å². The van der Waals surface area contributed by atoms with Crippen LogP contribution in [0.25, 0.3) is 21.5 Å². The molecule has 1 unspecified atom stereocenters. The number of rotatable bonds is 8. The quantitative estimate of drug-likeness (QED) is 0.150. The normalized spacial score (nSPS) is 16.3. The summed E-state index contributed by atoms with van der Waals surface area (Å²) >= 11 is 3.48. The molecule has 47 heavy (non-hydrogen) atoms. The van der Waals surface area contributed by atoms with E-state index in [2.05, 4.69) is 45.1 Å². The zero-order valence-corrected chi connectivity index (χ0v) is 27.9. The summed E-state index contributed by atoms with van der Waals surface area (Å²) in [6, 6.07) is 44.0. The summed E-state index contributed by atoms with van der Waals surface area (Å²) in [7, 11) is 0. The summed E-state index contributed by atoms with van der Waals surface area (Å²) in [6.45, 7) is 3.25. The van der Waals surface area contributed by atoms with Crippen molar-refractivity contribution in [3.63, 3.8) is 0 Å². The van der Waals surface area contributed by atoms with Crippen molar-refractivity contribution < 1.29 is 14.3 Å². The van der Waals surface area contributed by atoms with E-state index in [1.165, 1.54) is 19.4 Å². The SMILES string of the molecule is Brc1ccc2c(Oc3ccccc3)cccc2c1.O=C(c1ccc2c(Oc3ccccc3)cccc2c1)C1CCCN(CC2CC2)C1. The van der Waals surface area contributed by atoms with Gasteiger partial charge in [0.2, 0.25) is 0 Å². The number of para-hydroxylation sites is 2. The predicted molar refractivity (Wildman–Crippen MR) is 195 cm³/mol. The standard InChI is InChI=1S/C26H27NO2.C16H11BrO/c28-26(22-7-5-15-27(18-22)17-19-11-12-19)21-13-14-24-20(16-21)6-4-10-25(24)29-23-8-2-1-3-9-23;17-13-9-10-15-12(11-13)5-4-8-16(15)18-14-6-2-1-3-7-14/h1-4,6,8-10,13-14,16,19,22H,5,7,11-12,15,17-18H2;1-11H. The Hall–Kier alpha value is -4.45. The molecule has 0 bridgehead atoms. The minimum absolute atomic E-state index is 0.128. The van der Waals surface area contributed by atoms with E-state index in [0.29, 0.717) is 5.78 Å². The van der Waals surface area contributed by atoms with E-state index in [9.17, 15) is 4.79 Å². The fourth-order valence-electron chi connectivity index (χ4n) is 6.38. The molecule has 0 spiro atoms. The molecule has 8 rings (SSSR count). The van der Waals surface area contributed by atoms with Crippen LogP contribution in [0.15, 0.2) is 138 Å². The summed E-state index contributed by atoms with van der Waals surface area (Å²) < 4.78 is 13.1. The lowest BCUT2D eigenvalue weighted by Crippen LogP contribution is -2.39. The summed E-state index contributed by atoms with van der Waals surface area (Å²) in [6.07, 6.45) is 4.88. The van der Waals surface area contributed by atoms with Gasteiger partial charge >= 0.3 is 0 Å². The van der Waals surface area contributed by atoms with E-state index in [1.807, 2.05) is 109 Å². The molecule has 2 fully saturated rings. The zero-order chi connectivity index (χ0) is 32.0. The summed E-state index contributed by atoms with van der Waals surface area (Å²) in [5.41, 5.74) is 0.827. The molecule has 4 nitrogen and oxygen atoms in total. The van der Waals surface area contributed by atoms with Gasteiger partial charge in [0.25, 0.3) is 0 Å². The average molecular weight is 685 g/mol. The molecule has 2 aliphatic rings. The number of hydrogen-bond donors (Lipinski definition) is 0. The molecule has 1 aliphatic carbocycles. The number of fused-ring (bicyclic) bond motifs is 2. The third kappa shape index (κ3) is 7.93. The first-order chi connectivity index (χ1) is 23.1. The van der Waals surface area contributed by atoms with E-state index in [1.54, 1.807) is 0 Å². The van der Waals surface area contributed by atoms with E-state index in [-0.39, 0.29) is 5.92 Å². The topological polar surface area (TPSA) is 38.8 Å². The minimum atomic E-state index is 0.128. The molecule has 0 N–H and O–H groups in total. The van der Waals surface area contributed by atoms with Crippen molar-refractivity contribution in [1.29, 1.82) is 0 Å². The molecule has 0 aromatic heterocycles. The Balaban J connectivity index is 0.000000167. The highest BCUT2D eigenvalue weighted by Gasteiger charge is 2.30. The van der Waals surface area contributed by atoms with Crippen LogP contribution < -0.4 is 9.47 Å². The third-order valence-electron chi connectivity index (χ3n) is 8.96. The largest absolute Gasteiger partial charge is 0.457 e. The van der Waals surface area contributed by atoms with Gasteiger partial charge in [0.1, 0.15) is 23.0 Å². The first kappa shape index (κ1) is 31.2. The van der Waals surface area contributed by atoms with Gasteiger partial charge in [-0.2, -0.15) is 0 Å². The van der Waals surface area contributed by atoms with Crippen LogP contribution in [0.4, 0.5) is 0 Å². The summed E-state index contributed by atoms with van der Waals surface area (Å²) in [5.74, 6) is 4.68. The van der Waals surface area contributed by atoms with Crippen LogP contribution in [0.3, 0.4) is 0 Å². The van der Waals surface area contributed by atoms with E-state index in [0.717, 1.165) is 86.4 Å². The van der Waals surface area contributed by atoms with Gasteiger partial charge in [-0.1, -0.05) is 82.7 Å². The highest BCUT2D eigenvalue weighted by molar-refractivity contribution is 9.10.